The molecule has 2 aromatic rings. The highest BCUT2D eigenvalue weighted by atomic mass is 31.2. The van der Waals surface area contributed by atoms with E-state index in [0.717, 1.165) is 6.42 Å². The van der Waals surface area contributed by atoms with Crippen LogP contribution in [0.4, 0.5) is 13.2 Å². The molecule has 0 bridgehead atoms. The van der Waals surface area contributed by atoms with Crippen molar-refractivity contribution in [2.75, 3.05) is 0 Å². The van der Waals surface area contributed by atoms with E-state index in [1.807, 2.05) is 30.4 Å². The smallest absolute Gasteiger partial charge is 0.132 e. The molecule has 0 radical (unpaired) electrons. The lowest BCUT2D eigenvalue weighted by atomic mass is 10.2. The number of nitrogens with zero attached hydrogens (tertiary/aromatic N) is 1. The zero-order valence-electron chi connectivity index (χ0n) is 18.8. The van der Waals surface area contributed by atoms with Gasteiger partial charge >= 0.3 is 0 Å². The van der Waals surface area contributed by atoms with Gasteiger partial charge in [-0.1, -0.05) is 72.9 Å². The van der Waals surface area contributed by atoms with Gasteiger partial charge in [0.15, 0.2) is 0 Å². The Balaban J connectivity index is 1.92. The van der Waals surface area contributed by atoms with Crippen molar-refractivity contribution >= 4 is 26.8 Å². The molecule has 0 aromatic heterocycles. The molecule has 0 saturated heterocycles. The van der Waals surface area contributed by atoms with Gasteiger partial charge < -0.3 is 0 Å². The van der Waals surface area contributed by atoms with Crippen LogP contribution in [0.25, 0.3) is 0 Å². The first-order valence-corrected chi connectivity index (χ1v) is 13.9. The second kappa shape index (κ2) is 11.0. The van der Waals surface area contributed by atoms with Crippen molar-refractivity contribution in [3.8, 4) is 0 Å². The second-order valence-corrected chi connectivity index (χ2v) is 13.2. The number of hydrogen-bond donors (Lipinski definition) is 0. The van der Waals surface area contributed by atoms with Crippen LogP contribution in [0.3, 0.4) is 0 Å². The van der Waals surface area contributed by atoms with Gasteiger partial charge in [0.25, 0.3) is 0 Å². The minimum atomic E-state index is -1.47. The lowest BCUT2D eigenvalue weighted by Crippen LogP contribution is -2.37. The monoisotopic (exact) mass is 485 g/mol. The molecule has 1 nitrogen and oxygen atoms in total. The van der Waals surface area contributed by atoms with Crippen LogP contribution >= 0.6 is 16.1 Å². The maximum atomic E-state index is 15.3. The van der Waals surface area contributed by atoms with Crippen molar-refractivity contribution in [3.05, 3.63) is 109 Å². The highest BCUT2D eigenvalue weighted by Gasteiger charge is 2.42. The first kappa shape index (κ1) is 24.1. The van der Waals surface area contributed by atoms with Gasteiger partial charge in [0.05, 0.1) is 5.66 Å². The molecule has 4 rings (SSSR count). The maximum absolute atomic E-state index is 15.3. The van der Waals surface area contributed by atoms with E-state index in [1.54, 1.807) is 30.3 Å². The van der Waals surface area contributed by atoms with Crippen molar-refractivity contribution in [1.82, 2.24) is 4.44 Å². The normalized spacial score (nSPS) is 22.0. The number of hydrogen-bond acceptors (Lipinski definition) is 1. The molecule has 4 atom stereocenters. The molecule has 4 unspecified atom stereocenters. The van der Waals surface area contributed by atoms with Crippen LogP contribution in [0, 0.1) is 11.6 Å². The van der Waals surface area contributed by atoms with Crippen LogP contribution in [0.15, 0.2) is 96.9 Å². The van der Waals surface area contributed by atoms with Gasteiger partial charge in [-0.2, -0.15) is 0 Å². The summed E-state index contributed by atoms with van der Waals surface area (Å²) < 4.78 is 48.1. The summed E-state index contributed by atoms with van der Waals surface area (Å²) in [6.07, 6.45) is 14.6. The fourth-order valence-corrected chi connectivity index (χ4v) is 11.5. The van der Waals surface area contributed by atoms with E-state index in [4.69, 9.17) is 0 Å². The summed E-state index contributed by atoms with van der Waals surface area (Å²) in [6, 6.07) is 13.5. The minimum Gasteiger partial charge on any atom is -0.248 e. The third-order valence-corrected chi connectivity index (χ3v) is 12.5. The lowest BCUT2D eigenvalue weighted by molar-refractivity contribution is 0.544. The Morgan fingerprint density at radius 3 is 1.94 bits per heavy atom. The first-order chi connectivity index (χ1) is 16.0. The molecule has 0 heterocycles. The zero-order valence-corrected chi connectivity index (χ0v) is 20.6. The van der Waals surface area contributed by atoms with Gasteiger partial charge in [0, 0.05) is 38.5 Å². The van der Waals surface area contributed by atoms with Crippen LogP contribution in [0.1, 0.15) is 26.7 Å². The highest BCUT2D eigenvalue weighted by molar-refractivity contribution is 7.78. The summed E-state index contributed by atoms with van der Waals surface area (Å²) in [4.78, 5) is 0. The molecule has 0 saturated carbocycles. The van der Waals surface area contributed by atoms with E-state index in [0.29, 0.717) is 17.0 Å². The van der Waals surface area contributed by atoms with Crippen molar-refractivity contribution in [3.63, 3.8) is 0 Å². The summed E-state index contributed by atoms with van der Waals surface area (Å²) in [5.74, 6) is -0.834. The Hall–Kier alpha value is -1.99. The maximum Gasteiger partial charge on any atom is 0.132 e. The van der Waals surface area contributed by atoms with Crippen molar-refractivity contribution in [1.29, 1.82) is 0 Å². The molecule has 172 valence electrons. The average Bonchev–Trinajstić information content (AvgIpc) is 2.82. The van der Waals surface area contributed by atoms with Gasteiger partial charge in [-0.15, -0.1) is 0 Å². The molecule has 2 aliphatic rings. The van der Waals surface area contributed by atoms with Gasteiger partial charge in [0.2, 0.25) is 0 Å². The van der Waals surface area contributed by atoms with E-state index in [9.17, 15) is 0 Å². The van der Waals surface area contributed by atoms with Gasteiger partial charge in [-0.05, 0) is 44.9 Å². The molecule has 33 heavy (non-hydrogen) atoms. The summed E-state index contributed by atoms with van der Waals surface area (Å²) in [5.41, 5.74) is -0.434. The summed E-state index contributed by atoms with van der Waals surface area (Å²) in [5, 5.41) is 1.15. The number of rotatable bonds is 7. The Kier molecular flexibility index (Phi) is 8.02. The fourth-order valence-electron chi connectivity index (χ4n) is 4.30. The highest BCUT2D eigenvalue weighted by Crippen LogP contribution is 2.64. The lowest BCUT2D eigenvalue weighted by Gasteiger charge is -2.46. The predicted octanol–water partition coefficient (Wildman–Crippen LogP) is 7.49. The van der Waals surface area contributed by atoms with Crippen LogP contribution in [-0.4, -0.2) is 21.8 Å². The Bertz CT molecular complexity index is 1090. The van der Waals surface area contributed by atoms with Gasteiger partial charge in [-0.25, -0.2) is 17.6 Å². The van der Waals surface area contributed by atoms with Crippen LogP contribution in [0.5, 0.6) is 0 Å². The molecule has 0 fully saturated rings. The molecular formula is C27H28F3NP2. The summed E-state index contributed by atoms with van der Waals surface area (Å²) in [6.45, 7) is 4.10. The first-order valence-electron chi connectivity index (χ1n) is 11.2. The van der Waals surface area contributed by atoms with Crippen molar-refractivity contribution in [2.45, 2.75) is 44.0 Å². The third-order valence-electron chi connectivity index (χ3n) is 5.74. The quantitative estimate of drug-likeness (QED) is 0.368. The van der Waals surface area contributed by atoms with Crippen molar-refractivity contribution in [2.24, 2.45) is 0 Å². The number of halogens is 3. The number of benzene rings is 2. The Labute approximate surface area is 197 Å². The molecule has 2 aliphatic carbocycles. The molecule has 0 spiro atoms. The molecule has 0 N–H and O–H groups in total. The second-order valence-electron chi connectivity index (χ2n) is 8.35. The van der Waals surface area contributed by atoms with Crippen LogP contribution < -0.4 is 10.6 Å². The topological polar surface area (TPSA) is 3.24 Å². The molecule has 0 aliphatic heterocycles. The van der Waals surface area contributed by atoms with Crippen molar-refractivity contribution < 1.29 is 13.2 Å². The predicted molar refractivity (Wildman–Crippen MR) is 136 cm³/mol. The van der Waals surface area contributed by atoms with Gasteiger partial charge in [-0.3, -0.25) is 0 Å². The summed E-state index contributed by atoms with van der Waals surface area (Å²) in [7, 11) is -2.72. The molecule has 6 heteroatoms. The number of allylic oxidation sites excluding steroid dienone is 8. The minimum absolute atomic E-state index is 0.0422. The van der Waals surface area contributed by atoms with Gasteiger partial charge in [0.1, 0.15) is 17.5 Å². The zero-order chi connectivity index (χ0) is 23.4. The SMILES string of the molecule is CC(C)N(P(c1ccccc1F)C1C=CC=CC1)P(c1ccccc1F)C1CC=CC=C1F. The summed E-state index contributed by atoms with van der Waals surface area (Å²) >= 11 is 0. The largest absolute Gasteiger partial charge is 0.248 e. The van der Waals surface area contributed by atoms with E-state index in [-0.39, 0.29) is 29.2 Å². The van der Waals surface area contributed by atoms with Crippen LogP contribution in [0.2, 0.25) is 0 Å². The van der Waals surface area contributed by atoms with E-state index >= 15 is 13.2 Å². The Morgan fingerprint density at radius 1 is 0.788 bits per heavy atom. The standard InChI is InChI=1S/C27H28F3NP2/c1-20(2)31(32(21-12-4-3-5-13-21)25-17-9-6-14-22(25)28)33(26-18-10-7-15-23(26)29)27-19-11-8-16-24(27)30/h3-12,14-18,20-21,27H,13,19H2,1-2H3. The molecule has 0 amide bonds. The fraction of sp³-hybridized carbons (Fsp3) is 0.259. The average molecular weight is 485 g/mol. The van der Waals surface area contributed by atoms with Crippen LogP contribution in [-0.2, 0) is 0 Å². The van der Waals surface area contributed by atoms with E-state index in [2.05, 4.69) is 30.4 Å². The molecule has 2 aromatic carbocycles. The van der Waals surface area contributed by atoms with E-state index < -0.39 is 21.8 Å². The third kappa shape index (κ3) is 5.24. The molecular weight excluding hydrogens is 457 g/mol. The van der Waals surface area contributed by atoms with E-state index in [1.165, 1.54) is 18.2 Å². The Morgan fingerprint density at radius 2 is 1.39 bits per heavy atom.